The fourth-order valence-electron chi connectivity index (χ4n) is 1.30. The topological polar surface area (TPSA) is 76.9 Å². The first-order valence-corrected chi connectivity index (χ1v) is 7.50. The van der Waals surface area contributed by atoms with Crippen LogP contribution in [0.25, 0.3) is 5.69 Å². The molecular formula is C9H8BrFN4O2S. The minimum atomic E-state index is -3.49. The third-order valence-corrected chi connectivity index (χ3v) is 4.67. The molecule has 0 amide bonds. The van der Waals surface area contributed by atoms with Gasteiger partial charge < -0.3 is 0 Å². The Kier molecular flexibility index (Phi) is 3.62. The number of aromatic nitrogens is 3. The van der Waals surface area contributed by atoms with Gasteiger partial charge in [-0.1, -0.05) is 15.9 Å². The molecule has 0 aliphatic rings. The Hall–Kier alpha value is -1.48. The summed E-state index contributed by atoms with van der Waals surface area (Å²) in [5.41, 5.74) is 0.338. The van der Waals surface area contributed by atoms with Gasteiger partial charge in [0.2, 0.25) is 10.0 Å². The largest absolute Gasteiger partial charge is 0.283 e. The Morgan fingerprint density at radius 3 is 2.78 bits per heavy atom. The van der Waals surface area contributed by atoms with Crippen LogP contribution in [0.3, 0.4) is 0 Å². The summed E-state index contributed by atoms with van der Waals surface area (Å²) in [6.45, 7) is 0. The number of halogens is 2. The van der Waals surface area contributed by atoms with Crippen LogP contribution in [-0.2, 0) is 10.0 Å². The van der Waals surface area contributed by atoms with Crippen molar-refractivity contribution in [3.8, 4) is 5.69 Å². The summed E-state index contributed by atoms with van der Waals surface area (Å²) in [7, 11) is -3.49. The Labute approximate surface area is 111 Å². The van der Waals surface area contributed by atoms with E-state index < -0.39 is 15.8 Å². The highest BCUT2D eigenvalue weighted by Crippen LogP contribution is 2.18. The maximum absolute atomic E-state index is 13.8. The molecule has 0 radical (unpaired) electrons. The number of hydrogen-bond acceptors (Lipinski definition) is 4. The lowest BCUT2D eigenvalue weighted by Crippen LogP contribution is -2.13. The molecular weight excluding hydrogens is 327 g/mol. The molecule has 2 aromatic rings. The standard InChI is InChI=1S/C9H8BrFN4O2S/c10-4-18(16,17)14-7-1-2-9(8(11)3-7)15-6-12-5-13-15/h1-3,5-6,14H,4H2. The Bertz CT molecular complexity index is 645. The first kappa shape index (κ1) is 13.0. The quantitative estimate of drug-likeness (QED) is 0.859. The van der Waals surface area contributed by atoms with Crippen molar-refractivity contribution in [3.63, 3.8) is 0 Å². The van der Waals surface area contributed by atoms with E-state index in [0.29, 0.717) is 0 Å². The number of hydrogen-bond donors (Lipinski definition) is 1. The van der Waals surface area contributed by atoms with E-state index in [-0.39, 0.29) is 16.0 Å². The van der Waals surface area contributed by atoms with Gasteiger partial charge in [0, 0.05) is 6.07 Å². The van der Waals surface area contributed by atoms with Crippen LogP contribution < -0.4 is 4.72 Å². The lowest BCUT2D eigenvalue weighted by atomic mass is 10.3. The van der Waals surface area contributed by atoms with Gasteiger partial charge in [-0.2, -0.15) is 5.10 Å². The molecule has 0 atom stereocenters. The number of nitrogens with one attached hydrogen (secondary N) is 1. The number of rotatable bonds is 4. The van der Waals surface area contributed by atoms with E-state index >= 15 is 0 Å². The second-order valence-corrected chi connectivity index (χ2v) is 6.36. The molecule has 0 aliphatic heterocycles. The number of sulfonamides is 1. The smallest absolute Gasteiger partial charge is 0.242 e. The van der Waals surface area contributed by atoms with E-state index in [4.69, 9.17) is 0 Å². The van der Waals surface area contributed by atoms with E-state index in [0.717, 1.165) is 6.07 Å². The molecule has 96 valence electrons. The second-order valence-electron chi connectivity index (χ2n) is 3.33. The zero-order valence-corrected chi connectivity index (χ0v) is 11.3. The van der Waals surface area contributed by atoms with Crippen molar-refractivity contribution in [2.24, 2.45) is 0 Å². The molecule has 9 heteroatoms. The van der Waals surface area contributed by atoms with Crippen LogP contribution >= 0.6 is 15.9 Å². The molecule has 1 aromatic heterocycles. The third kappa shape index (κ3) is 2.85. The Morgan fingerprint density at radius 2 is 2.22 bits per heavy atom. The van der Waals surface area contributed by atoms with Crippen molar-refractivity contribution in [2.45, 2.75) is 0 Å². The molecule has 0 spiro atoms. The summed E-state index contributed by atoms with van der Waals surface area (Å²) in [5, 5.41) is 3.79. The van der Waals surface area contributed by atoms with E-state index in [9.17, 15) is 12.8 Å². The normalized spacial score (nSPS) is 11.4. The van der Waals surface area contributed by atoms with Gasteiger partial charge >= 0.3 is 0 Å². The molecule has 18 heavy (non-hydrogen) atoms. The van der Waals surface area contributed by atoms with Gasteiger partial charge in [0.15, 0.2) is 5.82 Å². The van der Waals surface area contributed by atoms with Gasteiger partial charge in [-0.25, -0.2) is 22.5 Å². The molecule has 1 N–H and O–H groups in total. The average molecular weight is 335 g/mol. The molecule has 0 saturated carbocycles. The minimum Gasteiger partial charge on any atom is -0.283 e. The predicted molar refractivity (Wildman–Crippen MR) is 67.7 cm³/mol. The predicted octanol–water partition coefficient (Wildman–Crippen LogP) is 1.50. The summed E-state index contributed by atoms with van der Waals surface area (Å²) >= 11 is 2.83. The zero-order chi connectivity index (χ0) is 13.2. The molecule has 0 bridgehead atoms. The fraction of sp³-hybridized carbons (Fsp3) is 0.111. The highest BCUT2D eigenvalue weighted by molar-refractivity contribution is 9.10. The van der Waals surface area contributed by atoms with Crippen LogP contribution in [0.1, 0.15) is 0 Å². The molecule has 0 unspecified atom stereocenters. The summed E-state index contributed by atoms with van der Waals surface area (Å²) in [5.74, 6) is -0.602. The van der Waals surface area contributed by atoms with Gasteiger partial charge in [-0.3, -0.25) is 4.72 Å². The van der Waals surface area contributed by atoms with Gasteiger partial charge in [-0.05, 0) is 12.1 Å². The van der Waals surface area contributed by atoms with Crippen LogP contribution in [0.2, 0.25) is 0 Å². The summed E-state index contributed by atoms with van der Waals surface area (Å²) in [4.78, 5) is 3.70. The number of nitrogens with zero attached hydrogens (tertiary/aromatic N) is 3. The Balaban J connectivity index is 2.31. The fourth-order valence-corrected chi connectivity index (χ4v) is 2.18. The van der Waals surface area contributed by atoms with Gasteiger partial charge in [0.05, 0.1) is 5.69 Å². The highest BCUT2D eigenvalue weighted by atomic mass is 79.9. The monoisotopic (exact) mass is 334 g/mol. The Morgan fingerprint density at radius 1 is 1.44 bits per heavy atom. The van der Waals surface area contributed by atoms with Crippen molar-refractivity contribution in [2.75, 3.05) is 9.38 Å². The third-order valence-electron chi connectivity index (χ3n) is 2.03. The van der Waals surface area contributed by atoms with Crippen molar-refractivity contribution in [3.05, 3.63) is 36.7 Å². The van der Waals surface area contributed by atoms with Crippen LogP contribution in [0.15, 0.2) is 30.9 Å². The SMILES string of the molecule is O=S(=O)(CBr)Nc1ccc(-n2cncn2)c(F)c1. The van der Waals surface area contributed by atoms with Crippen molar-refractivity contribution in [1.82, 2.24) is 14.8 Å². The number of anilines is 1. The first-order chi connectivity index (χ1) is 8.52. The summed E-state index contributed by atoms with van der Waals surface area (Å²) < 4.78 is 39.5. The van der Waals surface area contributed by atoms with E-state index in [2.05, 4.69) is 30.7 Å². The molecule has 0 aliphatic carbocycles. The van der Waals surface area contributed by atoms with Crippen molar-refractivity contribution >= 4 is 31.6 Å². The maximum atomic E-state index is 13.8. The molecule has 1 aromatic carbocycles. The van der Waals surface area contributed by atoms with Gasteiger partial charge in [0.1, 0.15) is 23.0 Å². The number of alkyl halides is 1. The highest BCUT2D eigenvalue weighted by Gasteiger charge is 2.11. The lowest BCUT2D eigenvalue weighted by molar-refractivity contribution is 0.605. The van der Waals surface area contributed by atoms with Crippen molar-refractivity contribution < 1.29 is 12.8 Å². The summed E-state index contributed by atoms with van der Waals surface area (Å²) in [6, 6.07) is 3.94. The van der Waals surface area contributed by atoms with Crippen LogP contribution in [0.5, 0.6) is 0 Å². The first-order valence-electron chi connectivity index (χ1n) is 4.73. The van der Waals surface area contributed by atoms with Gasteiger partial charge in [0.25, 0.3) is 0 Å². The zero-order valence-electron chi connectivity index (χ0n) is 8.92. The maximum Gasteiger partial charge on any atom is 0.242 e. The van der Waals surface area contributed by atoms with E-state index in [1.54, 1.807) is 0 Å². The number of benzene rings is 1. The molecule has 2 rings (SSSR count). The average Bonchev–Trinajstić information content (AvgIpc) is 2.82. The van der Waals surface area contributed by atoms with E-state index in [1.165, 1.54) is 29.5 Å². The van der Waals surface area contributed by atoms with E-state index in [1.807, 2.05) is 0 Å². The van der Waals surface area contributed by atoms with Gasteiger partial charge in [-0.15, -0.1) is 0 Å². The molecule has 1 heterocycles. The van der Waals surface area contributed by atoms with Crippen LogP contribution in [0.4, 0.5) is 10.1 Å². The van der Waals surface area contributed by atoms with Crippen molar-refractivity contribution in [1.29, 1.82) is 0 Å². The molecule has 6 nitrogen and oxygen atoms in total. The van der Waals surface area contributed by atoms with Crippen LogP contribution in [0, 0.1) is 5.82 Å². The molecule has 0 fully saturated rings. The lowest BCUT2D eigenvalue weighted by Gasteiger charge is -2.07. The minimum absolute atomic E-state index is 0.149. The van der Waals surface area contributed by atoms with Crippen LogP contribution in [-0.4, -0.2) is 27.8 Å². The molecule has 0 saturated heterocycles. The summed E-state index contributed by atoms with van der Waals surface area (Å²) in [6.07, 6.45) is 2.63. The second kappa shape index (κ2) is 5.02.